The second-order valence-electron chi connectivity index (χ2n) is 4.09. The summed E-state index contributed by atoms with van der Waals surface area (Å²) in [5.74, 6) is 0.427. The fourth-order valence-electron chi connectivity index (χ4n) is 1.86. The largest absolute Gasteiger partial charge is 0.504 e. The van der Waals surface area contributed by atoms with Crippen molar-refractivity contribution in [1.82, 2.24) is 0 Å². The Morgan fingerprint density at radius 1 is 1.06 bits per heavy atom. The van der Waals surface area contributed by atoms with Gasteiger partial charge in [0.25, 0.3) is 0 Å². The highest BCUT2D eigenvalue weighted by molar-refractivity contribution is 5.45. The van der Waals surface area contributed by atoms with Crippen molar-refractivity contribution < 1.29 is 14.2 Å². The number of phenolic OH excluding ortho intramolecular Hbond substituents is 1. The zero-order valence-corrected chi connectivity index (χ0v) is 10.2. The maximum atomic E-state index is 12.8. The molecule has 0 radical (unpaired) electrons. The van der Waals surface area contributed by atoms with Crippen molar-refractivity contribution in [2.75, 3.05) is 7.11 Å². The van der Waals surface area contributed by atoms with Gasteiger partial charge in [-0.2, -0.15) is 0 Å². The van der Waals surface area contributed by atoms with Gasteiger partial charge < -0.3 is 9.84 Å². The monoisotopic (exact) mass is 246 g/mol. The molecule has 1 N–H and O–H groups in total. The van der Waals surface area contributed by atoms with Crippen LogP contribution in [0, 0.1) is 5.82 Å². The standard InChI is InChI=1S/C15H15FO2/c1-18-14-4-2-3-12(15(14)17)8-5-11-6-9-13(16)10-7-11/h2-4,6-7,9-10,17H,5,8H2,1H3. The van der Waals surface area contributed by atoms with E-state index in [0.29, 0.717) is 12.2 Å². The van der Waals surface area contributed by atoms with E-state index in [1.807, 2.05) is 12.1 Å². The Labute approximate surface area is 106 Å². The van der Waals surface area contributed by atoms with E-state index >= 15 is 0 Å². The molecule has 0 amide bonds. The average Bonchev–Trinajstić information content (AvgIpc) is 2.39. The minimum Gasteiger partial charge on any atom is -0.504 e. The number of hydrogen-bond donors (Lipinski definition) is 1. The first-order chi connectivity index (χ1) is 8.70. The van der Waals surface area contributed by atoms with Crippen molar-refractivity contribution in [3.05, 3.63) is 59.4 Å². The lowest BCUT2D eigenvalue weighted by molar-refractivity contribution is 0.370. The van der Waals surface area contributed by atoms with E-state index in [4.69, 9.17) is 4.74 Å². The molecule has 94 valence electrons. The molecule has 0 saturated heterocycles. The van der Waals surface area contributed by atoms with E-state index < -0.39 is 0 Å². The van der Waals surface area contributed by atoms with Gasteiger partial charge in [0, 0.05) is 0 Å². The summed E-state index contributed by atoms with van der Waals surface area (Å²) in [5, 5.41) is 9.93. The fraction of sp³-hybridized carbons (Fsp3) is 0.200. The lowest BCUT2D eigenvalue weighted by Crippen LogP contribution is -1.94. The van der Waals surface area contributed by atoms with E-state index in [2.05, 4.69) is 0 Å². The number of para-hydroxylation sites is 1. The predicted molar refractivity (Wildman–Crippen MR) is 68.5 cm³/mol. The van der Waals surface area contributed by atoms with Gasteiger partial charge >= 0.3 is 0 Å². The van der Waals surface area contributed by atoms with Crippen LogP contribution in [0.4, 0.5) is 4.39 Å². The minimum atomic E-state index is -0.233. The lowest BCUT2D eigenvalue weighted by Gasteiger charge is -2.08. The Bertz CT molecular complexity index is 521. The second kappa shape index (κ2) is 5.54. The van der Waals surface area contributed by atoms with Gasteiger partial charge in [0.15, 0.2) is 11.5 Å². The van der Waals surface area contributed by atoms with Crippen LogP contribution in [0.5, 0.6) is 11.5 Å². The summed E-state index contributed by atoms with van der Waals surface area (Å²) >= 11 is 0. The van der Waals surface area contributed by atoms with Crippen LogP contribution >= 0.6 is 0 Å². The van der Waals surface area contributed by atoms with Gasteiger partial charge in [-0.25, -0.2) is 4.39 Å². The molecule has 0 aromatic heterocycles. The van der Waals surface area contributed by atoms with E-state index in [9.17, 15) is 9.50 Å². The van der Waals surface area contributed by atoms with Crippen molar-refractivity contribution >= 4 is 0 Å². The van der Waals surface area contributed by atoms with Crippen molar-refractivity contribution in [1.29, 1.82) is 0 Å². The molecule has 0 bridgehead atoms. The SMILES string of the molecule is COc1cccc(CCc2ccc(F)cc2)c1O. The van der Waals surface area contributed by atoms with Crippen LogP contribution in [0.3, 0.4) is 0 Å². The number of rotatable bonds is 4. The van der Waals surface area contributed by atoms with Gasteiger partial charge in [-0.1, -0.05) is 24.3 Å². The molecule has 2 rings (SSSR count). The van der Waals surface area contributed by atoms with E-state index in [1.165, 1.54) is 19.2 Å². The van der Waals surface area contributed by atoms with Crippen LogP contribution < -0.4 is 4.74 Å². The third-order valence-corrected chi connectivity index (χ3v) is 2.90. The van der Waals surface area contributed by atoms with Crippen LogP contribution in [0.25, 0.3) is 0 Å². The molecule has 0 aliphatic carbocycles. The highest BCUT2D eigenvalue weighted by atomic mass is 19.1. The third-order valence-electron chi connectivity index (χ3n) is 2.90. The van der Waals surface area contributed by atoms with E-state index in [-0.39, 0.29) is 11.6 Å². The first kappa shape index (κ1) is 12.4. The zero-order valence-electron chi connectivity index (χ0n) is 10.2. The smallest absolute Gasteiger partial charge is 0.160 e. The molecule has 0 aliphatic heterocycles. The van der Waals surface area contributed by atoms with Crippen LogP contribution in [0.1, 0.15) is 11.1 Å². The molecular formula is C15H15FO2. The number of benzene rings is 2. The molecule has 0 spiro atoms. The number of methoxy groups -OCH3 is 1. The van der Waals surface area contributed by atoms with Crippen molar-refractivity contribution in [2.45, 2.75) is 12.8 Å². The van der Waals surface area contributed by atoms with Crippen LogP contribution in [0.15, 0.2) is 42.5 Å². The van der Waals surface area contributed by atoms with Crippen molar-refractivity contribution in [2.24, 2.45) is 0 Å². The Kier molecular flexibility index (Phi) is 3.82. The van der Waals surface area contributed by atoms with Gasteiger partial charge in [0.2, 0.25) is 0 Å². The van der Waals surface area contributed by atoms with E-state index in [1.54, 1.807) is 18.2 Å². The molecule has 2 nitrogen and oxygen atoms in total. The quantitative estimate of drug-likeness (QED) is 0.896. The number of aryl methyl sites for hydroxylation is 2. The molecular weight excluding hydrogens is 231 g/mol. The second-order valence-corrected chi connectivity index (χ2v) is 4.09. The number of ether oxygens (including phenoxy) is 1. The topological polar surface area (TPSA) is 29.5 Å². The highest BCUT2D eigenvalue weighted by Crippen LogP contribution is 2.30. The summed E-state index contributed by atoms with van der Waals surface area (Å²) in [5.41, 5.74) is 1.87. The van der Waals surface area contributed by atoms with Crippen molar-refractivity contribution in [3.63, 3.8) is 0 Å². The maximum absolute atomic E-state index is 12.8. The van der Waals surface area contributed by atoms with Crippen LogP contribution in [0.2, 0.25) is 0 Å². The van der Waals surface area contributed by atoms with Crippen LogP contribution in [-0.2, 0) is 12.8 Å². The summed E-state index contributed by atoms with van der Waals surface area (Å²) in [6, 6.07) is 11.8. The molecule has 0 saturated carbocycles. The summed E-state index contributed by atoms with van der Waals surface area (Å²) in [7, 11) is 1.53. The number of hydrogen-bond acceptors (Lipinski definition) is 2. The molecule has 0 unspecified atom stereocenters. The van der Waals surface area contributed by atoms with Gasteiger partial charge in [0.05, 0.1) is 7.11 Å². The highest BCUT2D eigenvalue weighted by Gasteiger charge is 2.07. The molecule has 0 heterocycles. The number of aromatic hydroxyl groups is 1. The summed E-state index contributed by atoms with van der Waals surface area (Å²) in [6.45, 7) is 0. The minimum absolute atomic E-state index is 0.183. The Balaban J connectivity index is 2.08. The molecule has 0 fully saturated rings. The summed E-state index contributed by atoms with van der Waals surface area (Å²) < 4.78 is 17.8. The molecule has 2 aromatic rings. The third kappa shape index (κ3) is 2.80. The average molecular weight is 246 g/mol. The first-order valence-corrected chi connectivity index (χ1v) is 5.80. The van der Waals surface area contributed by atoms with Crippen LogP contribution in [-0.4, -0.2) is 12.2 Å². The van der Waals surface area contributed by atoms with Gasteiger partial charge in [-0.3, -0.25) is 0 Å². The van der Waals surface area contributed by atoms with Gasteiger partial charge in [-0.15, -0.1) is 0 Å². The molecule has 0 aliphatic rings. The van der Waals surface area contributed by atoms with E-state index in [0.717, 1.165) is 17.5 Å². The Morgan fingerprint density at radius 2 is 1.78 bits per heavy atom. The fourth-order valence-corrected chi connectivity index (χ4v) is 1.86. The lowest BCUT2D eigenvalue weighted by atomic mass is 10.0. The van der Waals surface area contributed by atoms with Crippen molar-refractivity contribution in [3.8, 4) is 11.5 Å². The first-order valence-electron chi connectivity index (χ1n) is 5.80. The number of halogens is 1. The Hall–Kier alpha value is -2.03. The maximum Gasteiger partial charge on any atom is 0.160 e. The predicted octanol–water partition coefficient (Wildman–Crippen LogP) is 3.33. The van der Waals surface area contributed by atoms with Gasteiger partial charge in [0.1, 0.15) is 5.82 Å². The molecule has 0 atom stereocenters. The molecule has 2 aromatic carbocycles. The van der Waals surface area contributed by atoms with Gasteiger partial charge in [-0.05, 0) is 42.2 Å². The summed E-state index contributed by atoms with van der Waals surface area (Å²) in [4.78, 5) is 0. The Morgan fingerprint density at radius 3 is 2.44 bits per heavy atom. The number of phenols is 1. The molecule has 3 heteroatoms. The zero-order chi connectivity index (χ0) is 13.0. The normalized spacial score (nSPS) is 10.3. The molecule has 18 heavy (non-hydrogen) atoms. The summed E-state index contributed by atoms with van der Waals surface area (Å²) in [6.07, 6.45) is 1.44.